The Bertz CT molecular complexity index is 311. The molecule has 0 amide bonds. The van der Waals surface area contributed by atoms with Crippen LogP contribution >= 0.6 is 0 Å². The van der Waals surface area contributed by atoms with E-state index in [9.17, 15) is 0 Å². The number of hydrogen-bond donors (Lipinski definition) is 2. The Labute approximate surface area is 85.0 Å². The molecule has 2 nitrogen and oxygen atoms in total. The predicted molar refractivity (Wildman–Crippen MR) is 57.4 cm³/mol. The highest BCUT2D eigenvalue weighted by molar-refractivity contribution is 5.26. The van der Waals surface area contributed by atoms with Crippen molar-refractivity contribution < 1.29 is 5.11 Å². The molecule has 1 fully saturated rings. The Morgan fingerprint density at radius 2 is 2.36 bits per heavy atom. The van der Waals surface area contributed by atoms with Gasteiger partial charge < -0.3 is 10.4 Å². The molecule has 1 aromatic carbocycles. The topological polar surface area (TPSA) is 32.3 Å². The lowest BCUT2D eigenvalue weighted by atomic mass is 9.95. The number of aliphatic hydroxyl groups excluding tert-OH is 1. The van der Waals surface area contributed by atoms with E-state index >= 15 is 0 Å². The highest BCUT2D eigenvalue weighted by Gasteiger charge is 2.24. The van der Waals surface area contributed by atoms with E-state index in [-0.39, 0.29) is 6.61 Å². The summed E-state index contributed by atoms with van der Waals surface area (Å²) in [4.78, 5) is 0. The lowest BCUT2D eigenvalue weighted by Gasteiger charge is -2.09. The Hall–Kier alpha value is -0.860. The average molecular weight is 191 g/mol. The van der Waals surface area contributed by atoms with Gasteiger partial charge >= 0.3 is 0 Å². The summed E-state index contributed by atoms with van der Waals surface area (Å²) in [6.45, 7) is 3.37. The number of nitrogens with one attached hydrogen (secondary N) is 1. The fraction of sp³-hybridized carbons (Fsp3) is 0.500. The fourth-order valence-corrected chi connectivity index (χ4v) is 2.14. The van der Waals surface area contributed by atoms with Crippen LogP contribution in [0.15, 0.2) is 24.3 Å². The molecule has 0 aliphatic carbocycles. The van der Waals surface area contributed by atoms with E-state index < -0.39 is 0 Å². The van der Waals surface area contributed by atoms with Gasteiger partial charge in [0, 0.05) is 12.6 Å². The number of rotatable bonds is 2. The predicted octanol–water partition coefficient (Wildman–Crippen LogP) is 1.43. The molecule has 76 valence electrons. The van der Waals surface area contributed by atoms with Gasteiger partial charge in [-0.05, 0) is 24.8 Å². The molecule has 0 saturated carbocycles. The molecule has 2 unspecified atom stereocenters. The van der Waals surface area contributed by atoms with Gasteiger partial charge in [0.25, 0.3) is 0 Å². The van der Waals surface area contributed by atoms with Crippen LogP contribution in [0.1, 0.15) is 23.5 Å². The first kappa shape index (κ1) is 9.69. The van der Waals surface area contributed by atoms with Crippen LogP contribution in [0, 0.1) is 6.92 Å². The number of hydrogen-bond acceptors (Lipinski definition) is 2. The lowest BCUT2D eigenvalue weighted by Crippen LogP contribution is -2.24. The van der Waals surface area contributed by atoms with Crippen molar-refractivity contribution in [3.63, 3.8) is 0 Å². The smallest absolute Gasteiger partial charge is 0.0584 e. The van der Waals surface area contributed by atoms with Crippen molar-refractivity contribution in [3.05, 3.63) is 35.4 Å². The summed E-state index contributed by atoms with van der Waals surface area (Å²) in [6, 6.07) is 8.94. The van der Waals surface area contributed by atoms with Crippen molar-refractivity contribution in [2.24, 2.45) is 0 Å². The second-order valence-corrected chi connectivity index (χ2v) is 4.13. The molecule has 0 aromatic heterocycles. The van der Waals surface area contributed by atoms with Gasteiger partial charge in [-0.2, -0.15) is 0 Å². The minimum atomic E-state index is 0.252. The molecule has 0 radical (unpaired) electrons. The van der Waals surface area contributed by atoms with Crippen molar-refractivity contribution >= 4 is 0 Å². The quantitative estimate of drug-likeness (QED) is 0.741. The molecule has 0 bridgehead atoms. The zero-order valence-corrected chi connectivity index (χ0v) is 8.53. The summed E-state index contributed by atoms with van der Waals surface area (Å²) >= 11 is 0. The van der Waals surface area contributed by atoms with E-state index in [1.807, 2.05) is 0 Å². The van der Waals surface area contributed by atoms with Crippen LogP contribution in [0.4, 0.5) is 0 Å². The average Bonchev–Trinajstić information content (AvgIpc) is 2.66. The van der Waals surface area contributed by atoms with Gasteiger partial charge in [-0.1, -0.05) is 29.8 Å². The van der Waals surface area contributed by atoms with Gasteiger partial charge in [0.05, 0.1) is 6.61 Å². The maximum absolute atomic E-state index is 9.02. The van der Waals surface area contributed by atoms with Crippen molar-refractivity contribution in [1.29, 1.82) is 0 Å². The molecule has 1 aromatic rings. The number of aliphatic hydroxyl groups is 1. The standard InChI is InChI=1S/C12H17NO/c1-9-3-2-4-10(5-9)11-6-12(8-14)13-7-11/h2-5,11-14H,6-8H2,1H3. The van der Waals surface area contributed by atoms with Crippen LogP contribution in [0.25, 0.3) is 0 Å². The second-order valence-electron chi connectivity index (χ2n) is 4.13. The van der Waals surface area contributed by atoms with Gasteiger partial charge in [0.1, 0.15) is 0 Å². The fourth-order valence-electron chi connectivity index (χ4n) is 2.14. The van der Waals surface area contributed by atoms with E-state index in [1.165, 1.54) is 11.1 Å². The van der Waals surface area contributed by atoms with E-state index in [4.69, 9.17) is 5.11 Å². The summed E-state index contributed by atoms with van der Waals surface area (Å²) in [5, 5.41) is 12.3. The Balaban J connectivity index is 2.09. The van der Waals surface area contributed by atoms with E-state index in [2.05, 4.69) is 36.5 Å². The third kappa shape index (κ3) is 1.97. The molecule has 2 N–H and O–H groups in total. The Kier molecular flexibility index (Phi) is 2.85. The maximum Gasteiger partial charge on any atom is 0.0584 e. The summed E-state index contributed by atoms with van der Waals surface area (Å²) < 4.78 is 0. The van der Waals surface area contributed by atoms with Crippen LogP contribution in [0.5, 0.6) is 0 Å². The van der Waals surface area contributed by atoms with Crippen molar-refractivity contribution in [2.45, 2.75) is 25.3 Å². The van der Waals surface area contributed by atoms with Crippen molar-refractivity contribution in [3.8, 4) is 0 Å². The van der Waals surface area contributed by atoms with Crippen LogP contribution in [0.2, 0.25) is 0 Å². The van der Waals surface area contributed by atoms with Gasteiger partial charge in [0.2, 0.25) is 0 Å². The molecule has 0 spiro atoms. The first-order valence-corrected chi connectivity index (χ1v) is 5.20. The minimum absolute atomic E-state index is 0.252. The third-order valence-corrected chi connectivity index (χ3v) is 2.96. The summed E-state index contributed by atoms with van der Waals surface area (Å²) in [6.07, 6.45) is 1.06. The Morgan fingerprint density at radius 3 is 3.00 bits per heavy atom. The van der Waals surface area contributed by atoms with Crippen LogP contribution in [-0.2, 0) is 0 Å². The van der Waals surface area contributed by atoms with Crippen molar-refractivity contribution in [1.82, 2.24) is 5.32 Å². The Morgan fingerprint density at radius 1 is 1.50 bits per heavy atom. The van der Waals surface area contributed by atoms with E-state index in [0.717, 1.165) is 13.0 Å². The molecule has 1 heterocycles. The molecule has 1 aliphatic heterocycles. The monoisotopic (exact) mass is 191 g/mol. The molecule has 14 heavy (non-hydrogen) atoms. The first-order chi connectivity index (χ1) is 6.79. The zero-order chi connectivity index (χ0) is 9.97. The highest BCUT2D eigenvalue weighted by atomic mass is 16.3. The van der Waals surface area contributed by atoms with Gasteiger partial charge in [-0.15, -0.1) is 0 Å². The van der Waals surface area contributed by atoms with Gasteiger partial charge in [-0.3, -0.25) is 0 Å². The van der Waals surface area contributed by atoms with E-state index in [0.29, 0.717) is 12.0 Å². The molecule has 2 heteroatoms. The molecule has 1 saturated heterocycles. The van der Waals surface area contributed by atoms with Gasteiger partial charge in [0.15, 0.2) is 0 Å². The van der Waals surface area contributed by atoms with Gasteiger partial charge in [-0.25, -0.2) is 0 Å². The largest absolute Gasteiger partial charge is 0.395 e. The molecule has 2 atom stereocenters. The van der Waals surface area contributed by atoms with Crippen LogP contribution in [0.3, 0.4) is 0 Å². The molecular weight excluding hydrogens is 174 g/mol. The summed E-state index contributed by atoms with van der Waals surface area (Å²) in [5.41, 5.74) is 2.71. The number of aryl methyl sites for hydroxylation is 1. The molecular formula is C12H17NO. The highest BCUT2D eigenvalue weighted by Crippen LogP contribution is 2.25. The van der Waals surface area contributed by atoms with Crippen LogP contribution < -0.4 is 5.32 Å². The normalized spacial score (nSPS) is 26.7. The molecule has 1 aliphatic rings. The zero-order valence-electron chi connectivity index (χ0n) is 8.53. The minimum Gasteiger partial charge on any atom is -0.395 e. The lowest BCUT2D eigenvalue weighted by molar-refractivity contribution is 0.254. The van der Waals surface area contributed by atoms with Crippen LogP contribution in [-0.4, -0.2) is 24.3 Å². The van der Waals surface area contributed by atoms with Crippen molar-refractivity contribution in [2.75, 3.05) is 13.2 Å². The first-order valence-electron chi connectivity index (χ1n) is 5.20. The number of benzene rings is 1. The maximum atomic E-state index is 9.02. The van der Waals surface area contributed by atoms with E-state index in [1.54, 1.807) is 0 Å². The third-order valence-electron chi connectivity index (χ3n) is 2.96. The second kappa shape index (κ2) is 4.11. The summed E-state index contributed by atoms with van der Waals surface area (Å²) in [7, 11) is 0. The summed E-state index contributed by atoms with van der Waals surface area (Å²) in [5.74, 6) is 0.576. The SMILES string of the molecule is Cc1cccc(C2CNC(CO)C2)c1. The molecule has 2 rings (SSSR count).